The average Bonchev–Trinajstić information content (AvgIpc) is 3.02. The summed E-state index contributed by atoms with van der Waals surface area (Å²) in [6, 6.07) is 0. The number of carbonyl (C=O) groups is 3. The summed E-state index contributed by atoms with van der Waals surface area (Å²) in [6.07, 6.45) is 5.49. The first kappa shape index (κ1) is 23.2. The first-order chi connectivity index (χ1) is 15.3. The largest absolute Gasteiger partial charge is 0.458 e. The van der Waals surface area contributed by atoms with Crippen molar-refractivity contribution < 1.29 is 33.7 Å². The van der Waals surface area contributed by atoms with E-state index < -0.39 is 29.1 Å². The second-order valence-corrected chi connectivity index (χ2v) is 12.0. The van der Waals surface area contributed by atoms with E-state index in [9.17, 15) is 19.5 Å². The quantitative estimate of drug-likeness (QED) is 0.645. The number of Topliss-reactive ketones (excluding diaryl/α,β-unsaturated/α-hetero) is 1. The van der Waals surface area contributed by atoms with Crippen molar-refractivity contribution in [2.75, 3.05) is 6.61 Å². The minimum Gasteiger partial charge on any atom is -0.458 e. The number of rotatable bonds is 3. The molecule has 4 fully saturated rings. The smallest absolute Gasteiger partial charge is 0.303 e. The highest BCUT2D eigenvalue weighted by Crippen LogP contribution is 2.68. The molecule has 1 N–H and O–H groups in total. The molecule has 182 valence electrons. The van der Waals surface area contributed by atoms with E-state index >= 15 is 0 Å². The minimum atomic E-state index is -1.25. The Labute approximate surface area is 195 Å². The second kappa shape index (κ2) is 7.22. The Morgan fingerprint density at radius 2 is 1.85 bits per heavy atom. The maximum Gasteiger partial charge on any atom is 0.303 e. The van der Waals surface area contributed by atoms with E-state index in [-0.39, 0.29) is 41.3 Å². The van der Waals surface area contributed by atoms with E-state index in [1.807, 2.05) is 13.8 Å². The van der Waals surface area contributed by atoms with Gasteiger partial charge in [-0.1, -0.05) is 19.4 Å². The van der Waals surface area contributed by atoms with Crippen molar-refractivity contribution in [1.82, 2.24) is 0 Å². The van der Waals surface area contributed by atoms with Gasteiger partial charge in [0.2, 0.25) is 11.6 Å². The van der Waals surface area contributed by atoms with Crippen molar-refractivity contribution in [2.24, 2.45) is 34.5 Å². The predicted molar refractivity (Wildman–Crippen MR) is 118 cm³/mol. The highest BCUT2D eigenvalue weighted by molar-refractivity contribution is 5.98. The van der Waals surface area contributed by atoms with Crippen LogP contribution in [-0.2, 0) is 28.6 Å². The third kappa shape index (κ3) is 3.29. The third-order valence-electron chi connectivity index (χ3n) is 9.58. The monoisotopic (exact) mass is 460 g/mol. The molecular weight excluding hydrogens is 424 g/mol. The lowest BCUT2D eigenvalue weighted by Crippen LogP contribution is -2.68. The zero-order chi connectivity index (χ0) is 24.0. The van der Waals surface area contributed by atoms with Gasteiger partial charge in [-0.3, -0.25) is 14.4 Å². The first-order valence-electron chi connectivity index (χ1n) is 12.3. The van der Waals surface area contributed by atoms with Crippen molar-refractivity contribution in [2.45, 2.75) is 90.8 Å². The van der Waals surface area contributed by atoms with Crippen LogP contribution in [0.3, 0.4) is 0 Å². The van der Waals surface area contributed by atoms with Crippen LogP contribution >= 0.6 is 0 Å². The number of esters is 1. The Balaban J connectivity index is 1.43. The molecular formula is C26H36O7. The summed E-state index contributed by atoms with van der Waals surface area (Å²) in [4.78, 5) is 37.1. The summed E-state index contributed by atoms with van der Waals surface area (Å²) < 4.78 is 17.0. The molecule has 7 atom stereocenters. The zero-order valence-electron chi connectivity index (χ0n) is 20.3. The first-order valence-corrected chi connectivity index (χ1v) is 12.3. The molecule has 7 heteroatoms. The van der Waals surface area contributed by atoms with Gasteiger partial charge in [0.15, 0.2) is 11.6 Å². The fourth-order valence-corrected chi connectivity index (χ4v) is 8.56. The van der Waals surface area contributed by atoms with Crippen LogP contribution in [0.2, 0.25) is 0 Å². The summed E-state index contributed by atoms with van der Waals surface area (Å²) in [5, 5.41) is 11.6. The van der Waals surface area contributed by atoms with Gasteiger partial charge in [0.25, 0.3) is 0 Å². The number of aliphatic hydroxyl groups is 1. The van der Waals surface area contributed by atoms with Crippen LogP contribution in [0.5, 0.6) is 0 Å². The summed E-state index contributed by atoms with van der Waals surface area (Å²) in [5.41, 5.74) is 0.385. The molecule has 1 saturated heterocycles. The maximum atomic E-state index is 13.0. The van der Waals surface area contributed by atoms with E-state index in [0.29, 0.717) is 18.8 Å². The molecule has 0 unspecified atom stereocenters. The van der Waals surface area contributed by atoms with Gasteiger partial charge in [0.1, 0.15) is 6.61 Å². The molecule has 0 amide bonds. The molecule has 5 aliphatic rings. The molecule has 1 spiro atoms. The Morgan fingerprint density at radius 1 is 1.15 bits per heavy atom. The number of hydrogen-bond acceptors (Lipinski definition) is 7. The SMILES string of the molecule is CC(=O)OCC(=O)[C@H]1CC[C@H]2[C@@H]3CCC4=CC(=O)C5(C[C@]4(C)[C@H]3[C@@H](O)C[C@]12C)OC(C)(C)O5. The van der Waals surface area contributed by atoms with Gasteiger partial charge in [-0.2, -0.15) is 0 Å². The average molecular weight is 461 g/mol. The molecule has 7 nitrogen and oxygen atoms in total. The van der Waals surface area contributed by atoms with E-state index in [1.54, 1.807) is 6.08 Å². The summed E-state index contributed by atoms with van der Waals surface area (Å²) in [6.45, 7) is 9.04. The van der Waals surface area contributed by atoms with Crippen LogP contribution in [0.4, 0.5) is 0 Å². The number of hydrogen-bond donors (Lipinski definition) is 1. The molecule has 4 aliphatic carbocycles. The maximum absolute atomic E-state index is 13.0. The molecule has 3 saturated carbocycles. The van der Waals surface area contributed by atoms with E-state index in [4.69, 9.17) is 14.2 Å². The van der Waals surface area contributed by atoms with Crippen LogP contribution in [0, 0.1) is 34.5 Å². The topological polar surface area (TPSA) is 99.1 Å². The van der Waals surface area contributed by atoms with Gasteiger partial charge in [0, 0.05) is 19.3 Å². The van der Waals surface area contributed by atoms with E-state index in [2.05, 4.69) is 13.8 Å². The van der Waals surface area contributed by atoms with Gasteiger partial charge in [-0.25, -0.2) is 0 Å². The molecule has 33 heavy (non-hydrogen) atoms. The van der Waals surface area contributed by atoms with Gasteiger partial charge in [0.05, 0.1) is 6.10 Å². The molecule has 0 bridgehead atoms. The van der Waals surface area contributed by atoms with Crippen molar-refractivity contribution in [3.05, 3.63) is 11.6 Å². The summed E-state index contributed by atoms with van der Waals surface area (Å²) in [5.74, 6) is -2.30. The van der Waals surface area contributed by atoms with E-state index in [1.165, 1.54) is 6.92 Å². The number of carbonyl (C=O) groups excluding carboxylic acids is 3. The van der Waals surface area contributed by atoms with Crippen LogP contribution < -0.4 is 0 Å². The molecule has 5 rings (SSSR count). The van der Waals surface area contributed by atoms with Crippen molar-refractivity contribution in [3.63, 3.8) is 0 Å². The zero-order valence-corrected chi connectivity index (χ0v) is 20.3. The predicted octanol–water partition coefficient (Wildman–Crippen LogP) is 3.33. The van der Waals surface area contributed by atoms with E-state index in [0.717, 1.165) is 31.3 Å². The highest BCUT2D eigenvalue weighted by Gasteiger charge is 2.68. The van der Waals surface area contributed by atoms with Crippen LogP contribution in [0.15, 0.2) is 11.6 Å². The number of fused-ring (bicyclic) bond motifs is 5. The van der Waals surface area contributed by atoms with Crippen molar-refractivity contribution in [1.29, 1.82) is 0 Å². The number of allylic oxidation sites excluding steroid dienone is 1. The Morgan fingerprint density at radius 3 is 2.48 bits per heavy atom. The number of aliphatic hydroxyl groups excluding tert-OH is 1. The fourth-order valence-electron chi connectivity index (χ4n) is 8.56. The Bertz CT molecular complexity index is 927. The van der Waals surface area contributed by atoms with Gasteiger partial charge in [-0.05, 0) is 80.6 Å². The van der Waals surface area contributed by atoms with Crippen molar-refractivity contribution in [3.8, 4) is 0 Å². The van der Waals surface area contributed by atoms with Crippen LogP contribution in [0.25, 0.3) is 0 Å². The number of ketones is 2. The lowest BCUT2D eigenvalue weighted by Gasteiger charge is -2.63. The lowest BCUT2D eigenvalue weighted by atomic mass is 9.45. The van der Waals surface area contributed by atoms with Crippen LogP contribution in [0.1, 0.15) is 73.1 Å². The van der Waals surface area contributed by atoms with Crippen molar-refractivity contribution >= 4 is 17.5 Å². The van der Waals surface area contributed by atoms with Gasteiger partial charge >= 0.3 is 5.97 Å². The minimum absolute atomic E-state index is 0.0150. The Kier molecular flexibility index (Phi) is 5.07. The van der Waals surface area contributed by atoms with Crippen LogP contribution in [-0.4, -0.2) is 46.9 Å². The Hall–Kier alpha value is -1.57. The summed E-state index contributed by atoms with van der Waals surface area (Å²) >= 11 is 0. The fraction of sp³-hybridized carbons (Fsp3) is 0.808. The highest BCUT2D eigenvalue weighted by atomic mass is 16.9. The molecule has 1 heterocycles. The normalized spacial score (nSPS) is 44.7. The second-order valence-electron chi connectivity index (χ2n) is 12.0. The molecule has 0 aromatic heterocycles. The summed E-state index contributed by atoms with van der Waals surface area (Å²) in [7, 11) is 0. The van der Waals surface area contributed by atoms with Gasteiger partial charge < -0.3 is 19.3 Å². The lowest BCUT2D eigenvalue weighted by molar-refractivity contribution is -0.482. The van der Waals surface area contributed by atoms with Gasteiger partial charge in [-0.15, -0.1) is 0 Å². The molecule has 0 aromatic rings. The number of ether oxygens (including phenoxy) is 3. The molecule has 0 radical (unpaired) electrons. The third-order valence-corrected chi connectivity index (χ3v) is 9.58. The molecule has 1 aliphatic heterocycles. The molecule has 0 aromatic carbocycles. The standard InChI is InChI=1S/C26H36O7/c1-14(27)31-12-20(29)18-9-8-17-16-7-6-15-10-21(30)26(32-23(2,3)33-26)13-25(15,5)22(16)19(28)11-24(17,18)4/h10,16-19,22,28H,6-9,11-13H2,1-5H3/t16-,17-,18+,19-,22+,24-,25-/m0/s1.